The van der Waals surface area contributed by atoms with E-state index in [1.807, 2.05) is 32.0 Å². The molecule has 25 heavy (non-hydrogen) atoms. The van der Waals surface area contributed by atoms with Crippen LogP contribution in [-0.2, 0) is 6.54 Å². The second-order valence-corrected chi connectivity index (χ2v) is 6.71. The van der Waals surface area contributed by atoms with E-state index < -0.39 is 0 Å². The van der Waals surface area contributed by atoms with Gasteiger partial charge in [-0.2, -0.15) is 15.0 Å². The predicted molar refractivity (Wildman–Crippen MR) is 99.6 cm³/mol. The van der Waals surface area contributed by atoms with Gasteiger partial charge < -0.3 is 15.5 Å². The number of nitrogen functional groups attached to an aromatic ring is 1. The molecule has 0 bridgehead atoms. The van der Waals surface area contributed by atoms with Crippen molar-refractivity contribution in [2.45, 2.75) is 26.4 Å². The van der Waals surface area contributed by atoms with E-state index in [2.05, 4.69) is 48.8 Å². The van der Waals surface area contributed by atoms with Crippen LogP contribution in [-0.4, -0.2) is 64.6 Å². The number of anilines is 3. The van der Waals surface area contributed by atoms with Crippen LogP contribution >= 0.6 is 0 Å². The molecule has 0 radical (unpaired) electrons. The van der Waals surface area contributed by atoms with Crippen molar-refractivity contribution >= 4 is 17.7 Å². The highest BCUT2D eigenvalue weighted by atomic mass is 15.3. The number of nitrogens with zero attached hydrogens (tertiary/aromatic N) is 7. The summed E-state index contributed by atoms with van der Waals surface area (Å²) in [5.74, 6) is 2.62. The van der Waals surface area contributed by atoms with E-state index in [4.69, 9.17) is 5.73 Å². The summed E-state index contributed by atoms with van der Waals surface area (Å²) in [6.07, 6.45) is 0. The maximum atomic E-state index is 5.83. The van der Waals surface area contributed by atoms with Gasteiger partial charge in [0.05, 0.1) is 6.54 Å². The van der Waals surface area contributed by atoms with Crippen LogP contribution in [0.4, 0.5) is 17.7 Å². The topological polar surface area (TPSA) is 87.3 Å². The molecule has 2 aromatic heterocycles. The van der Waals surface area contributed by atoms with Crippen LogP contribution in [0.15, 0.2) is 18.2 Å². The van der Waals surface area contributed by atoms with Crippen molar-refractivity contribution in [3.63, 3.8) is 0 Å². The fraction of sp³-hybridized carbons (Fsp3) is 0.529. The molecular weight excluding hydrogens is 316 g/mol. The third-order valence-corrected chi connectivity index (χ3v) is 4.39. The number of hydrogen-bond donors (Lipinski definition) is 1. The highest BCUT2D eigenvalue weighted by molar-refractivity contribution is 5.40. The summed E-state index contributed by atoms with van der Waals surface area (Å²) in [4.78, 5) is 24.1. The predicted octanol–water partition coefficient (Wildman–Crippen LogP) is 0.934. The molecule has 2 N–H and O–H groups in total. The third kappa shape index (κ3) is 4.14. The average molecular weight is 342 g/mol. The monoisotopic (exact) mass is 342 g/mol. The lowest BCUT2D eigenvalue weighted by atomic mass is 10.2. The van der Waals surface area contributed by atoms with Crippen LogP contribution in [0, 0.1) is 6.92 Å². The molecule has 0 amide bonds. The number of aryl methyl sites for hydroxylation is 1. The Hall–Kier alpha value is -2.48. The summed E-state index contributed by atoms with van der Waals surface area (Å²) in [5.41, 5.74) is 6.87. The van der Waals surface area contributed by atoms with Gasteiger partial charge in [-0.15, -0.1) is 0 Å². The molecule has 0 unspecified atom stereocenters. The van der Waals surface area contributed by atoms with Gasteiger partial charge in [-0.3, -0.25) is 4.90 Å². The summed E-state index contributed by atoms with van der Waals surface area (Å²) >= 11 is 0. The fourth-order valence-corrected chi connectivity index (χ4v) is 3.02. The van der Waals surface area contributed by atoms with Gasteiger partial charge in [0.25, 0.3) is 0 Å². The minimum atomic E-state index is 0.268. The van der Waals surface area contributed by atoms with Gasteiger partial charge >= 0.3 is 0 Å². The normalized spacial score (nSPS) is 18.4. The quantitative estimate of drug-likeness (QED) is 0.878. The number of aromatic nitrogens is 4. The van der Waals surface area contributed by atoms with Crippen LogP contribution in [0.2, 0.25) is 0 Å². The summed E-state index contributed by atoms with van der Waals surface area (Å²) < 4.78 is 0. The Morgan fingerprint density at radius 2 is 1.96 bits per heavy atom. The largest absolute Gasteiger partial charge is 0.368 e. The Balaban J connectivity index is 1.68. The Morgan fingerprint density at radius 1 is 1.16 bits per heavy atom. The summed E-state index contributed by atoms with van der Waals surface area (Å²) in [6, 6.07) is 6.53. The van der Waals surface area contributed by atoms with Crippen LogP contribution in [0.25, 0.3) is 0 Å². The van der Waals surface area contributed by atoms with E-state index in [1.54, 1.807) is 0 Å². The molecule has 134 valence electrons. The van der Waals surface area contributed by atoms with Crippen LogP contribution in [0.3, 0.4) is 0 Å². The minimum Gasteiger partial charge on any atom is -0.368 e. The first-order valence-corrected chi connectivity index (χ1v) is 8.53. The van der Waals surface area contributed by atoms with Gasteiger partial charge in [-0.05, 0) is 26.0 Å². The van der Waals surface area contributed by atoms with Gasteiger partial charge in [0.2, 0.25) is 11.9 Å². The Labute approximate surface area is 148 Å². The second kappa shape index (κ2) is 7.18. The Kier molecular flexibility index (Phi) is 4.98. The second-order valence-electron chi connectivity index (χ2n) is 6.71. The molecule has 1 aliphatic heterocycles. The zero-order valence-corrected chi connectivity index (χ0v) is 15.3. The van der Waals surface area contributed by atoms with Crippen molar-refractivity contribution in [3.8, 4) is 0 Å². The molecule has 0 spiro atoms. The lowest BCUT2D eigenvalue weighted by molar-refractivity contribution is 0.176. The molecule has 0 saturated carbocycles. The molecule has 1 saturated heterocycles. The zero-order valence-electron chi connectivity index (χ0n) is 15.3. The molecule has 1 atom stereocenters. The summed E-state index contributed by atoms with van der Waals surface area (Å²) in [5, 5.41) is 0. The molecular formula is C17H26N8. The van der Waals surface area contributed by atoms with Gasteiger partial charge in [0.1, 0.15) is 11.6 Å². The summed E-state index contributed by atoms with van der Waals surface area (Å²) in [7, 11) is 3.80. The van der Waals surface area contributed by atoms with Crippen LogP contribution in [0.5, 0.6) is 0 Å². The highest BCUT2D eigenvalue weighted by Crippen LogP contribution is 2.19. The van der Waals surface area contributed by atoms with Crippen molar-refractivity contribution in [1.82, 2.24) is 24.8 Å². The molecule has 3 rings (SSSR count). The first-order chi connectivity index (χ1) is 11.9. The van der Waals surface area contributed by atoms with Crippen LogP contribution in [0.1, 0.15) is 18.4 Å². The number of hydrogen-bond acceptors (Lipinski definition) is 8. The van der Waals surface area contributed by atoms with Gasteiger partial charge in [-0.1, -0.05) is 6.07 Å². The molecule has 0 aliphatic carbocycles. The number of piperazine rings is 1. The van der Waals surface area contributed by atoms with Crippen LogP contribution < -0.4 is 15.5 Å². The Morgan fingerprint density at radius 3 is 2.64 bits per heavy atom. The van der Waals surface area contributed by atoms with Gasteiger partial charge in [0.15, 0.2) is 0 Å². The number of rotatable bonds is 4. The van der Waals surface area contributed by atoms with E-state index in [0.29, 0.717) is 24.4 Å². The van der Waals surface area contributed by atoms with E-state index >= 15 is 0 Å². The maximum Gasteiger partial charge on any atom is 0.229 e. The van der Waals surface area contributed by atoms with E-state index in [1.165, 1.54) is 0 Å². The molecule has 2 aromatic rings. The van der Waals surface area contributed by atoms with Crippen molar-refractivity contribution in [1.29, 1.82) is 0 Å². The fourth-order valence-electron chi connectivity index (χ4n) is 3.02. The highest BCUT2D eigenvalue weighted by Gasteiger charge is 2.25. The first kappa shape index (κ1) is 17.3. The third-order valence-electron chi connectivity index (χ3n) is 4.39. The van der Waals surface area contributed by atoms with E-state index in [-0.39, 0.29) is 5.95 Å². The maximum absolute atomic E-state index is 5.83. The Bertz CT molecular complexity index is 732. The molecule has 3 heterocycles. The SMILES string of the molecule is Cc1cccc(N2CCN(Cc3nc(N)nc(N(C)C)n3)[C@@H](C)C2)n1. The van der Waals surface area contributed by atoms with Crippen molar-refractivity contribution in [3.05, 3.63) is 29.7 Å². The van der Waals surface area contributed by atoms with E-state index in [9.17, 15) is 0 Å². The molecule has 0 aromatic carbocycles. The smallest absolute Gasteiger partial charge is 0.229 e. The molecule has 8 nitrogen and oxygen atoms in total. The van der Waals surface area contributed by atoms with E-state index in [0.717, 1.165) is 31.1 Å². The average Bonchev–Trinajstić information content (AvgIpc) is 2.56. The number of nitrogens with two attached hydrogens (primary N) is 1. The van der Waals surface area contributed by atoms with Crippen molar-refractivity contribution < 1.29 is 0 Å². The minimum absolute atomic E-state index is 0.268. The molecule has 8 heteroatoms. The first-order valence-electron chi connectivity index (χ1n) is 8.53. The lowest BCUT2D eigenvalue weighted by Gasteiger charge is -2.40. The molecule has 1 aliphatic rings. The molecule has 1 fully saturated rings. The number of pyridine rings is 1. The van der Waals surface area contributed by atoms with Crippen molar-refractivity contribution in [2.24, 2.45) is 0 Å². The van der Waals surface area contributed by atoms with Crippen molar-refractivity contribution in [2.75, 3.05) is 49.3 Å². The van der Waals surface area contributed by atoms with Gasteiger partial charge in [0, 0.05) is 45.5 Å². The zero-order chi connectivity index (χ0) is 18.0. The lowest BCUT2D eigenvalue weighted by Crippen LogP contribution is -2.51. The summed E-state index contributed by atoms with van der Waals surface area (Å²) in [6.45, 7) is 7.71. The standard InChI is InChI=1S/C17H26N8/c1-12-6-5-7-15(19-12)25-9-8-24(13(2)10-25)11-14-20-16(18)22-17(21-14)23(3)4/h5-7,13H,8-11H2,1-4H3,(H2,18,20,21,22)/t13-/m0/s1. The van der Waals surface area contributed by atoms with Gasteiger partial charge in [-0.25, -0.2) is 4.98 Å².